The summed E-state index contributed by atoms with van der Waals surface area (Å²) < 4.78 is 13.1. The largest absolute Gasteiger partial charge is 0.324 e. The summed E-state index contributed by atoms with van der Waals surface area (Å²) in [6.07, 6.45) is 5.60. The molecule has 1 aromatic heterocycles. The van der Waals surface area contributed by atoms with Gasteiger partial charge in [0.2, 0.25) is 0 Å². The van der Waals surface area contributed by atoms with Crippen LogP contribution in [-0.4, -0.2) is 40.4 Å². The van der Waals surface area contributed by atoms with Crippen LogP contribution in [0.5, 0.6) is 0 Å². The van der Waals surface area contributed by atoms with E-state index in [0.717, 1.165) is 36.5 Å². The number of rotatable bonds is 4. The molecule has 0 bridgehead atoms. The van der Waals surface area contributed by atoms with Crippen molar-refractivity contribution in [2.24, 2.45) is 5.41 Å². The van der Waals surface area contributed by atoms with Crippen LogP contribution in [0, 0.1) is 11.2 Å². The summed E-state index contributed by atoms with van der Waals surface area (Å²) in [5, 5.41) is 3.67. The molecule has 3 aromatic rings. The van der Waals surface area contributed by atoms with Gasteiger partial charge in [-0.3, -0.25) is 9.88 Å². The number of benzene rings is 2. The second kappa shape index (κ2) is 9.12. The Hall–Kier alpha value is -2.96. The Bertz CT molecular complexity index is 1120. The number of likely N-dealkylation sites (tertiary alicyclic amines) is 2. The molecule has 1 N–H and O–H groups in total. The number of urea groups is 1. The van der Waals surface area contributed by atoms with Crippen molar-refractivity contribution in [2.45, 2.75) is 25.4 Å². The first-order chi connectivity index (χ1) is 16.0. The molecule has 5 nitrogen and oxygen atoms in total. The molecule has 2 saturated heterocycles. The van der Waals surface area contributed by atoms with E-state index in [0.29, 0.717) is 18.8 Å². The van der Waals surface area contributed by atoms with E-state index in [1.165, 1.54) is 17.7 Å². The van der Waals surface area contributed by atoms with Crippen molar-refractivity contribution in [2.75, 3.05) is 25.0 Å². The van der Waals surface area contributed by atoms with Crippen LogP contribution in [0.2, 0.25) is 5.02 Å². The second-order valence-electron chi connectivity index (χ2n) is 8.97. The number of hydrogen-bond donors (Lipinski definition) is 1. The van der Waals surface area contributed by atoms with Crippen LogP contribution in [0.1, 0.15) is 30.0 Å². The number of anilines is 1. The molecule has 2 aliphatic heterocycles. The van der Waals surface area contributed by atoms with E-state index in [4.69, 9.17) is 11.6 Å². The fourth-order valence-electron chi connectivity index (χ4n) is 5.27. The van der Waals surface area contributed by atoms with Crippen molar-refractivity contribution in [3.05, 3.63) is 95.0 Å². The van der Waals surface area contributed by atoms with E-state index in [1.807, 2.05) is 35.4 Å². The van der Waals surface area contributed by atoms with E-state index in [-0.39, 0.29) is 23.3 Å². The number of aromatic nitrogens is 1. The molecular weight excluding hydrogens is 439 g/mol. The third-order valence-electron chi connectivity index (χ3n) is 6.94. The lowest BCUT2D eigenvalue weighted by molar-refractivity contribution is -0.112. The van der Waals surface area contributed by atoms with Crippen LogP contribution in [0.25, 0.3) is 0 Å². The predicted octanol–water partition coefficient (Wildman–Crippen LogP) is 5.75. The zero-order chi connectivity index (χ0) is 22.8. The SMILES string of the molecule is O=C(Nc1ccc(F)cc1)N1CCC2(CC1)CN(Cc1ccccc1Cl)C2c1cccnc1. The summed E-state index contributed by atoms with van der Waals surface area (Å²) >= 11 is 6.44. The highest BCUT2D eigenvalue weighted by Crippen LogP contribution is 2.55. The quantitative estimate of drug-likeness (QED) is 0.535. The van der Waals surface area contributed by atoms with Gasteiger partial charge in [-0.05, 0) is 60.4 Å². The fraction of sp³-hybridized carbons (Fsp3) is 0.308. The van der Waals surface area contributed by atoms with E-state index in [2.05, 4.69) is 27.3 Å². The van der Waals surface area contributed by atoms with E-state index in [9.17, 15) is 9.18 Å². The Morgan fingerprint density at radius 2 is 1.85 bits per heavy atom. The maximum atomic E-state index is 13.1. The molecule has 5 rings (SSSR count). The zero-order valence-corrected chi connectivity index (χ0v) is 19.0. The van der Waals surface area contributed by atoms with Gasteiger partial charge >= 0.3 is 6.03 Å². The second-order valence-corrected chi connectivity index (χ2v) is 9.38. The van der Waals surface area contributed by atoms with Crippen molar-refractivity contribution in [3.63, 3.8) is 0 Å². The van der Waals surface area contributed by atoms with E-state index < -0.39 is 0 Å². The molecule has 2 aromatic carbocycles. The van der Waals surface area contributed by atoms with Gasteiger partial charge in [0.05, 0.1) is 0 Å². The number of amides is 2. The third-order valence-corrected chi connectivity index (χ3v) is 7.31. The summed E-state index contributed by atoms with van der Waals surface area (Å²) in [4.78, 5) is 21.4. The average Bonchev–Trinajstić information content (AvgIpc) is 2.82. The molecule has 2 amide bonds. The number of nitrogens with one attached hydrogen (secondary N) is 1. The van der Waals surface area contributed by atoms with Crippen LogP contribution < -0.4 is 5.32 Å². The predicted molar refractivity (Wildman–Crippen MR) is 127 cm³/mol. The minimum atomic E-state index is -0.319. The average molecular weight is 465 g/mol. The van der Waals surface area contributed by atoms with Crippen LogP contribution in [-0.2, 0) is 6.54 Å². The van der Waals surface area contributed by atoms with E-state index in [1.54, 1.807) is 18.3 Å². The van der Waals surface area contributed by atoms with Gasteiger partial charge in [0, 0.05) is 60.7 Å². The summed E-state index contributed by atoms with van der Waals surface area (Å²) in [6.45, 7) is 3.12. The van der Waals surface area contributed by atoms with Crippen LogP contribution >= 0.6 is 11.6 Å². The van der Waals surface area contributed by atoms with Crippen LogP contribution in [0.4, 0.5) is 14.9 Å². The Morgan fingerprint density at radius 3 is 2.55 bits per heavy atom. The number of hydrogen-bond acceptors (Lipinski definition) is 3. The lowest BCUT2D eigenvalue weighted by Crippen LogP contribution is -2.62. The number of pyridine rings is 1. The summed E-state index contributed by atoms with van der Waals surface area (Å²) in [7, 11) is 0. The molecular formula is C26H26ClFN4O. The van der Waals surface area contributed by atoms with Gasteiger partial charge < -0.3 is 10.2 Å². The van der Waals surface area contributed by atoms with Crippen molar-refractivity contribution in [3.8, 4) is 0 Å². The molecule has 1 spiro atoms. The highest BCUT2D eigenvalue weighted by atomic mass is 35.5. The lowest BCUT2D eigenvalue weighted by Gasteiger charge is -2.60. The summed E-state index contributed by atoms with van der Waals surface area (Å²) in [5.41, 5.74) is 3.04. The van der Waals surface area contributed by atoms with Crippen molar-refractivity contribution in [1.29, 1.82) is 0 Å². The molecule has 0 aliphatic carbocycles. The fourth-order valence-corrected chi connectivity index (χ4v) is 5.47. The monoisotopic (exact) mass is 464 g/mol. The van der Waals surface area contributed by atoms with Gasteiger partial charge in [-0.25, -0.2) is 9.18 Å². The smallest absolute Gasteiger partial charge is 0.321 e. The standard InChI is InChI=1S/C26H26ClFN4O/c27-23-6-2-1-4-20(23)17-32-18-26(24(32)19-5-3-13-29-16-19)11-14-31(15-12-26)25(33)30-22-9-7-21(28)8-10-22/h1-10,13,16,24H,11-12,14-15,17-18H2,(H,30,33). The van der Waals surface area contributed by atoms with Gasteiger partial charge in [0.25, 0.3) is 0 Å². The number of piperidine rings is 1. The minimum Gasteiger partial charge on any atom is -0.324 e. The van der Waals surface area contributed by atoms with Gasteiger partial charge in [-0.1, -0.05) is 35.9 Å². The highest BCUT2D eigenvalue weighted by molar-refractivity contribution is 6.31. The first-order valence-electron chi connectivity index (χ1n) is 11.2. The molecule has 2 aliphatic rings. The van der Waals surface area contributed by atoms with Crippen LogP contribution in [0.15, 0.2) is 73.1 Å². The van der Waals surface area contributed by atoms with Crippen LogP contribution in [0.3, 0.4) is 0 Å². The lowest BCUT2D eigenvalue weighted by atomic mass is 9.63. The van der Waals surface area contributed by atoms with Gasteiger partial charge in [-0.15, -0.1) is 0 Å². The molecule has 0 radical (unpaired) electrons. The number of halogens is 2. The Morgan fingerprint density at radius 1 is 1.09 bits per heavy atom. The molecule has 33 heavy (non-hydrogen) atoms. The van der Waals surface area contributed by atoms with Gasteiger partial charge in [0.15, 0.2) is 0 Å². The zero-order valence-electron chi connectivity index (χ0n) is 18.3. The normalized spacial score (nSPS) is 19.8. The van der Waals surface area contributed by atoms with Gasteiger partial charge in [-0.2, -0.15) is 0 Å². The minimum absolute atomic E-state index is 0.108. The molecule has 1 unspecified atom stereocenters. The number of nitrogens with zero attached hydrogens (tertiary/aromatic N) is 3. The Balaban J connectivity index is 1.28. The molecule has 7 heteroatoms. The van der Waals surface area contributed by atoms with Crippen molar-refractivity contribution >= 4 is 23.3 Å². The topological polar surface area (TPSA) is 48.5 Å². The molecule has 3 heterocycles. The van der Waals surface area contributed by atoms with Gasteiger partial charge in [0.1, 0.15) is 5.82 Å². The first kappa shape index (κ1) is 21.9. The molecule has 0 saturated carbocycles. The highest BCUT2D eigenvalue weighted by Gasteiger charge is 2.54. The van der Waals surface area contributed by atoms with Crippen molar-refractivity contribution < 1.29 is 9.18 Å². The molecule has 2 fully saturated rings. The molecule has 170 valence electrons. The molecule has 1 atom stereocenters. The maximum Gasteiger partial charge on any atom is 0.321 e. The number of carbonyl (C=O) groups is 1. The first-order valence-corrected chi connectivity index (χ1v) is 11.6. The summed E-state index contributed by atoms with van der Waals surface area (Å²) in [5.74, 6) is -0.319. The Labute approximate surface area is 198 Å². The Kier molecular flexibility index (Phi) is 6.04. The summed E-state index contributed by atoms with van der Waals surface area (Å²) in [6, 6.07) is 18.1. The van der Waals surface area contributed by atoms with Crippen molar-refractivity contribution in [1.82, 2.24) is 14.8 Å². The third kappa shape index (κ3) is 4.45. The van der Waals surface area contributed by atoms with E-state index >= 15 is 0 Å². The number of carbonyl (C=O) groups excluding carboxylic acids is 1. The maximum absolute atomic E-state index is 13.1.